The van der Waals surface area contributed by atoms with Crippen LogP contribution < -0.4 is 0 Å². The van der Waals surface area contributed by atoms with Gasteiger partial charge in [0.2, 0.25) is 0 Å². The Labute approximate surface area is 99.9 Å². The van der Waals surface area contributed by atoms with E-state index >= 15 is 0 Å². The number of hydrogen-bond donors (Lipinski definition) is 2. The molecule has 1 aromatic rings. The molecule has 0 aromatic heterocycles. The molecular weight excluding hydrogens is 223 g/mol. The van der Waals surface area contributed by atoms with Gasteiger partial charge < -0.3 is 10.2 Å². The number of rotatable bonds is 3. The normalized spacial score (nSPS) is 13.8. The molecule has 1 fully saturated rings. The molecule has 0 amide bonds. The maximum absolute atomic E-state index is 13.4. The fourth-order valence-electron chi connectivity index (χ4n) is 1.43. The second-order valence-electron chi connectivity index (χ2n) is 4.00. The minimum atomic E-state index is -0.745. The first kappa shape index (κ1) is 13.6. The van der Waals surface area contributed by atoms with Gasteiger partial charge in [0.15, 0.2) is 0 Å². The van der Waals surface area contributed by atoms with Gasteiger partial charge in [-0.3, -0.25) is 4.79 Å². The van der Waals surface area contributed by atoms with Gasteiger partial charge in [0.25, 0.3) is 0 Å². The fraction of sp³-hybridized carbons (Fsp3) is 0.462. The van der Waals surface area contributed by atoms with Crippen LogP contribution in [0.5, 0.6) is 0 Å². The molecule has 4 heteroatoms. The number of aliphatic carboxylic acids is 1. The predicted molar refractivity (Wildman–Crippen MR) is 62.2 cm³/mol. The summed E-state index contributed by atoms with van der Waals surface area (Å²) in [6, 6.07) is 5.25. The largest absolute Gasteiger partial charge is 0.481 e. The van der Waals surface area contributed by atoms with Crippen LogP contribution in [0, 0.1) is 5.82 Å². The molecule has 3 nitrogen and oxygen atoms in total. The van der Waals surface area contributed by atoms with Crippen molar-refractivity contribution in [2.24, 2.45) is 0 Å². The van der Waals surface area contributed by atoms with Gasteiger partial charge >= 0.3 is 5.97 Å². The standard InChI is InChI=1S/C10H11FO.C3H6O2/c11-10-8(6-12)2-1-3-9(10)7-4-5-7;1-2-3(4)5/h1-3,7,12H,4-6H2;2H2,1H3,(H,4,5). The monoisotopic (exact) mass is 240 g/mol. The van der Waals surface area contributed by atoms with E-state index < -0.39 is 5.97 Å². The zero-order valence-electron chi connectivity index (χ0n) is 9.82. The summed E-state index contributed by atoms with van der Waals surface area (Å²) in [7, 11) is 0. The molecule has 17 heavy (non-hydrogen) atoms. The van der Waals surface area contributed by atoms with Crippen molar-refractivity contribution in [2.45, 2.75) is 38.7 Å². The lowest BCUT2D eigenvalue weighted by atomic mass is 10.1. The SMILES string of the molecule is CCC(=O)O.OCc1cccc(C2CC2)c1F. The first-order valence-corrected chi connectivity index (χ1v) is 5.70. The molecule has 0 spiro atoms. The van der Waals surface area contributed by atoms with E-state index in [0.717, 1.165) is 18.4 Å². The molecule has 0 bridgehead atoms. The number of carboxylic acids is 1. The summed E-state index contributed by atoms with van der Waals surface area (Å²) >= 11 is 0. The molecule has 1 saturated carbocycles. The van der Waals surface area contributed by atoms with E-state index in [0.29, 0.717) is 11.5 Å². The summed E-state index contributed by atoms with van der Waals surface area (Å²) in [5.41, 5.74) is 1.20. The van der Waals surface area contributed by atoms with Crippen molar-refractivity contribution in [1.82, 2.24) is 0 Å². The smallest absolute Gasteiger partial charge is 0.303 e. The van der Waals surface area contributed by atoms with Gasteiger partial charge in [0.05, 0.1) is 6.61 Å². The second kappa shape index (κ2) is 6.35. The third kappa shape index (κ3) is 4.15. The molecule has 2 rings (SSSR count). The Morgan fingerprint density at radius 1 is 1.47 bits per heavy atom. The van der Waals surface area contributed by atoms with E-state index in [1.165, 1.54) is 0 Å². The van der Waals surface area contributed by atoms with Crippen molar-refractivity contribution >= 4 is 5.97 Å². The third-order valence-corrected chi connectivity index (χ3v) is 2.60. The van der Waals surface area contributed by atoms with Crippen LogP contribution in [0.15, 0.2) is 18.2 Å². The van der Waals surface area contributed by atoms with Crippen LogP contribution in [0.1, 0.15) is 43.2 Å². The Kier molecular flexibility index (Phi) is 5.10. The molecule has 0 unspecified atom stereocenters. The lowest BCUT2D eigenvalue weighted by Gasteiger charge is -2.03. The summed E-state index contributed by atoms with van der Waals surface area (Å²) in [5.74, 6) is -0.538. The average molecular weight is 240 g/mol. The molecule has 0 aliphatic heterocycles. The topological polar surface area (TPSA) is 57.5 Å². The molecule has 2 N–H and O–H groups in total. The summed E-state index contributed by atoms with van der Waals surface area (Å²) in [5, 5.41) is 16.5. The Hall–Kier alpha value is -1.42. The fourth-order valence-corrected chi connectivity index (χ4v) is 1.43. The Morgan fingerprint density at radius 2 is 2.06 bits per heavy atom. The Bertz CT molecular complexity index is 386. The van der Waals surface area contributed by atoms with Crippen LogP contribution in [-0.4, -0.2) is 16.2 Å². The summed E-state index contributed by atoms with van der Waals surface area (Å²) < 4.78 is 13.4. The average Bonchev–Trinajstić information content (AvgIpc) is 3.14. The van der Waals surface area contributed by atoms with Crippen LogP contribution >= 0.6 is 0 Å². The minimum Gasteiger partial charge on any atom is -0.481 e. The van der Waals surface area contributed by atoms with Crippen molar-refractivity contribution in [2.75, 3.05) is 0 Å². The summed E-state index contributed by atoms with van der Waals surface area (Å²) in [6.45, 7) is 1.40. The number of aliphatic hydroxyl groups is 1. The molecule has 0 atom stereocenters. The van der Waals surface area contributed by atoms with Crippen LogP contribution in [0.3, 0.4) is 0 Å². The van der Waals surface area contributed by atoms with Crippen molar-refractivity contribution < 1.29 is 19.4 Å². The second-order valence-corrected chi connectivity index (χ2v) is 4.00. The van der Waals surface area contributed by atoms with Gasteiger partial charge in [0.1, 0.15) is 5.82 Å². The maximum atomic E-state index is 13.4. The highest BCUT2D eigenvalue weighted by Crippen LogP contribution is 2.41. The van der Waals surface area contributed by atoms with Gasteiger partial charge in [-0.1, -0.05) is 25.1 Å². The summed E-state index contributed by atoms with van der Waals surface area (Å²) in [4.78, 5) is 9.37. The lowest BCUT2D eigenvalue weighted by Crippen LogP contribution is -1.94. The van der Waals surface area contributed by atoms with Gasteiger partial charge in [-0.2, -0.15) is 0 Å². The van der Waals surface area contributed by atoms with Gasteiger partial charge in [-0.15, -0.1) is 0 Å². The van der Waals surface area contributed by atoms with Gasteiger partial charge in [-0.05, 0) is 24.3 Å². The number of benzene rings is 1. The minimum absolute atomic E-state index is 0.202. The van der Waals surface area contributed by atoms with E-state index in [1.807, 2.05) is 12.1 Å². The Balaban J connectivity index is 0.000000249. The number of halogens is 1. The quantitative estimate of drug-likeness (QED) is 0.854. The molecule has 1 aromatic carbocycles. The molecule has 0 heterocycles. The van der Waals surface area contributed by atoms with Crippen LogP contribution in [0.4, 0.5) is 4.39 Å². The van der Waals surface area contributed by atoms with E-state index in [9.17, 15) is 9.18 Å². The molecule has 0 saturated heterocycles. The van der Waals surface area contributed by atoms with Crippen LogP contribution in [-0.2, 0) is 11.4 Å². The first-order valence-electron chi connectivity index (χ1n) is 5.70. The van der Waals surface area contributed by atoms with Crippen LogP contribution in [0.2, 0.25) is 0 Å². The van der Waals surface area contributed by atoms with E-state index in [4.69, 9.17) is 10.2 Å². The van der Waals surface area contributed by atoms with Crippen LogP contribution in [0.25, 0.3) is 0 Å². The lowest BCUT2D eigenvalue weighted by molar-refractivity contribution is -0.136. The van der Waals surface area contributed by atoms with E-state index in [-0.39, 0.29) is 18.8 Å². The van der Waals surface area contributed by atoms with Crippen molar-refractivity contribution in [3.05, 3.63) is 35.1 Å². The number of carbonyl (C=O) groups is 1. The molecule has 1 aliphatic rings. The van der Waals surface area contributed by atoms with E-state index in [1.54, 1.807) is 13.0 Å². The third-order valence-electron chi connectivity index (χ3n) is 2.60. The predicted octanol–water partition coefficient (Wildman–Crippen LogP) is 2.68. The number of aliphatic hydroxyl groups excluding tert-OH is 1. The highest BCUT2D eigenvalue weighted by Gasteiger charge is 2.26. The zero-order chi connectivity index (χ0) is 12.8. The van der Waals surface area contributed by atoms with Crippen molar-refractivity contribution in [3.63, 3.8) is 0 Å². The molecule has 1 aliphatic carbocycles. The number of hydrogen-bond acceptors (Lipinski definition) is 2. The molecule has 0 radical (unpaired) electrons. The van der Waals surface area contributed by atoms with Crippen molar-refractivity contribution in [1.29, 1.82) is 0 Å². The highest BCUT2D eigenvalue weighted by molar-refractivity contribution is 5.66. The maximum Gasteiger partial charge on any atom is 0.303 e. The first-order chi connectivity index (χ1) is 8.10. The van der Waals surface area contributed by atoms with Gasteiger partial charge in [0, 0.05) is 12.0 Å². The Morgan fingerprint density at radius 3 is 2.47 bits per heavy atom. The van der Waals surface area contributed by atoms with Crippen molar-refractivity contribution in [3.8, 4) is 0 Å². The number of carboxylic acid groups (broad SMARTS) is 1. The van der Waals surface area contributed by atoms with Gasteiger partial charge in [-0.25, -0.2) is 4.39 Å². The summed E-state index contributed by atoms with van der Waals surface area (Å²) in [6.07, 6.45) is 2.40. The van der Waals surface area contributed by atoms with E-state index in [2.05, 4.69) is 0 Å². The molecular formula is C13H17FO3. The zero-order valence-corrected chi connectivity index (χ0v) is 9.82. The molecule has 94 valence electrons. The highest BCUT2D eigenvalue weighted by atomic mass is 19.1.